The highest BCUT2D eigenvalue weighted by Crippen LogP contribution is 2.23. The normalized spacial score (nSPS) is 20.0. The second-order valence-electron chi connectivity index (χ2n) is 19.7. The first-order chi connectivity index (χ1) is 31.3. The van der Waals surface area contributed by atoms with Crippen LogP contribution in [0.3, 0.4) is 0 Å². The molecule has 64 heavy (non-hydrogen) atoms. The van der Waals surface area contributed by atoms with Gasteiger partial charge in [0.15, 0.2) is 6.29 Å². The zero-order valence-electron chi connectivity index (χ0n) is 42.1. The number of allylic oxidation sites excluding steroid dienone is 1. The SMILES string of the molecule is CCCCCCCCCCC/C=C/C(O)C(COC1OC(CO)C(O)C(O)C1O)NC(=O)CCCCCCCCCCCCCCCCCCCCCCCCCCCCCCCC. The van der Waals surface area contributed by atoms with E-state index in [0.717, 1.165) is 38.5 Å². The second-order valence-corrected chi connectivity index (χ2v) is 19.7. The van der Waals surface area contributed by atoms with E-state index in [9.17, 15) is 30.3 Å². The number of carbonyl (C=O) groups is 1. The molecular weight excluding hydrogens is 803 g/mol. The highest BCUT2D eigenvalue weighted by molar-refractivity contribution is 5.76. The zero-order chi connectivity index (χ0) is 46.6. The molecule has 0 radical (unpaired) electrons. The summed E-state index contributed by atoms with van der Waals surface area (Å²) in [6.07, 6.45) is 48.7. The average molecular weight is 910 g/mol. The number of ether oxygens (including phenoxy) is 2. The number of rotatable bonds is 48. The number of amides is 1. The highest BCUT2D eigenvalue weighted by atomic mass is 16.7. The van der Waals surface area contributed by atoms with E-state index in [2.05, 4.69) is 19.2 Å². The fourth-order valence-electron chi connectivity index (χ4n) is 9.16. The first-order valence-corrected chi connectivity index (χ1v) is 27.9. The van der Waals surface area contributed by atoms with Crippen molar-refractivity contribution in [1.82, 2.24) is 5.32 Å². The standard InChI is InChI=1S/C55H107NO8/c1-3-5-7-9-11-13-15-16-17-18-19-20-21-22-23-24-25-26-27-28-29-30-31-32-33-35-37-39-41-43-45-51(59)56-48(47-63-55-54(62)53(61)52(60)50(46-57)64-55)49(58)44-42-40-38-36-34-14-12-10-8-6-4-2/h42,44,48-50,52-55,57-58,60-62H,3-41,43,45-47H2,1-2H3,(H,56,59)/b44-42+. The summed E-state index contributed by atoms with van der Waals surface area (Å²) in [5, 5.41) is 54.3. The van der Waals surface area contributed by atoms with Crippen LogP contribution in [0.1, 0.15) is 277 Å². The van der Waals surface area contributed by atoms with E-state index in [0.29, 0.717) is 6.42 Å². The molecule has 0 aliphatic carbocycles. The number of aliphatic hydroxyl groups excluding tert-OH is 5. The molecule has 6 N–H and O–H groups in total. The van der Waals surface area contributed by atoms with Gasteiger partial charge < -0.3 is 40.3 Å². The van der Waals surface area contributed by atoms with Gasteiger partial charge in [-0.2, -0.15) is 0 Å². The van der Waals surface area contributed by atoms with Crippen molar-refractivity contribution < 1.29 is 39.8 Å². The van der Waals surface area contributed by atoms with Crippen LogP contribution in [0.15, 0.2) is 12.2 Å². The molecule has 0 aromatic carbocycles. The Morgan fingerprint density at radius 2 is 0.859 bits per heavy atom. The molecule has 7 atom stereocenters. The summed E-state index contributed by atoms with van der Waals surface area (Å²) in [5.41, 5.74) is 0. The lowest BCUT2D eigenvalue weighted by Crippen LogP contribution is -2.60. The Balaban J connectivity index is 2.10. The van der Waals surface area contributed by atoms with Crippen LogP contribution in [0.25, 0.3) is 0 Å². The number of carbonyl (C=O) groups excluding carboxylic acids is 1. The van der Waals surface area contributed by atoms with Crippen molar-refractivity contribution in [3.8, 4) is 0 Å². The summed E-state index contributed by atoms with van der Waals surface area (Å²) >= 11 is 0. The van der Waals surface area contributed by atoms with Crippen LogP contribution in [0, 0.1) is 0 Å². The lowest BCUT2D eigenvalue weighted by molar-refractivity contribution is -0.302. The van der Waals surface area contributed by atoms with Crippen LogP contribution in [-0.2, 0) is 14.3 Å². The summed E-state index contributed by atoms with van der Waals surface area (Å²) in [4.78, 5) is 13.0. The largest absolute Gasteiger partial charge is 0.394 e. The molecule has 1 rings (SSSR count). The van der Waals surface area contributed by atoms with Crippen LogP contribution in [0.4, 0.5) is 0 Å². The van der Waals surface area contributed by atoms with Gasteiger partial charge in [-0.25, -0.2) is 0 Å². The molecule has 380 valence electrons. The van der Waals surface area contributed by atoms with Crippen molar-refractivity contribution in [1.29, 1.82) is 0 Å². The van der Waals surface area contributed by atoms with E-state index in [4.69, 9.17) is 9.47 Å². The molecule has 1 amide bonds. The maximum atomic E-state index is 13.0. The predicted octanol–water partition coefficient (Wildman–Crippen LogP) is 13.2. The number of hydrogen-bond acceptors (Lipinski definition) is 8. The monoisotopic (exact) mass is 910 g/mol. The quantitative estimate of drug-likeness (QED) is 0.0261. The summed E-state index contributed by atoms with van der Waals surface area (Å²) in [7, 11) is 0. The Morgan fingerprint density at radius 1 is 0.516 bits per heavy atom. The van der Waals surface area contributed by atoms with Crippen molar-refractivity contribution in [3.05, 3.63) is 12.2 Å². The fraction of sp³-hybridized carbons (Fsp3) is 0.945. The smallest absolute Gasteiger partial charge is 0.220 e. The van der Waals surface area contributed by atoms with E-state index in [-0.39, 0.29) is 12.5 Å². The highest BCUT2D eigenvalue weighted by Gasteiger charge is 2.44. The lowest BCUT2D eigenvalue weighted by atomic mass is 9.99. The summed E-state index contributed by atoms with van der Waals surface area (Å²) in [6, 6.07) is -0.798. The predicted molar refractivity (Wildman–Crippen MR) is 267 cm³/mol. The van der Waals surface area contributed by atoms with Gasteiger partial charge in [0.1, 0.15) is 24.4 Å². The van der Waals surface area contributed by atoms with Gasteiger partial charge in [0.2, 0.25) is 5.91 Å². The molecule has 9 nitrogen and oxygen atoms in total. The Labute approximate surface area is 395 Å². The Bertz CT molecular complexity index is 1010. The maximum absolute atomic E-state index is 13.0. The topological polar surface area (TPSA) is 149 Å². The number of hydrogen-bond donors (Lipinski definition) is 6. The van der Waals surface area contributed by atoms with Crippen LogP contribution in [0.2, 0.25) is 0 Å². The third kappa shape index (κ3) is 35.1. The van der Waals surface area contributed by atoms with E-state index in [1.54, 1.807) is 6.08 Å². The molecule has 0 aromatic heterocycles. The van der Waals surface area contributed by atoms with Crippen molar-refractivity contribution >= 4 is 5.91 Å². The molecule has 0 bridgehead atoms. The molecule has 1 aliphatic heterocycles. The maximum Gasteiger partial charge on any atom is 0.220 e. The van der Waals surface area contributed by atoms with Crippen molar-refractivity contribution in [3.63, 3.8) is 0 Å². The van der Waals surface area contributed by atoms with E-state index >= 15 is 0 Å². The van der Waals surface area contributed by atoms with Crippen molar-refractivity contribution in [2.75, 3.05) is 13.2 Å². The number of aliphatic hydroxyl groups is 5. The third-order valence-electron chi connectivity index (χ3n) is 13.6. The van der Waals surface area contributed by atoms with Gasteiger partial charge in [0.05, 0.1) is 25.4 Å². The molecule has 1 aliphatic rings. The third-order valence-corrected chi connectivity index (χ3v) is 13.6. The molecule has 7 unspecified atom stereocenters. The summed E-state index contributed by atoms with van der Waals surface area (Å²) in [5.74, 6) is -0.172. The number of unbranched alkanes of at least 4 members (excludes halogenated alkanes) is 38. The minimum absolute atomic E-state index is 0.172. The summed E-state index contributed by atoms with van der Waals surface area (Å²) < 4.78 is 11.2. The van der Waals surface area contributed by atoms with Gasteiger partial charge in [-0.15, -0.1) is 0 Å². The van der Waals surface area contributed by atoms with Gasteiger partial charge >= 0.3 is 0 Å². The minimum Gasteiger partial charge on any atom is -0.394 e. The Morgan fingerprint density at radius 3 is 1.22 bits per heavy atom. The fourth-order valence-corrected chi connectivity index (χ4v) is 9.16. The van der Waals surface area contributed by atoms with Crippen molar-refractivity contribution in [2.24, 2.45) is 0 Å². The van der Waals surface area contributed by atoms with E-state index in [1.807, 2.05) is 6.08 Å². The van der Waals surface area contributed by atoms with Gasteiger partial charge in [-0.1, -0.05) is 264 Å². The molecule has 0 spiro atoms. The first kappa shape index (κ1) is 60.9. The molecule has 1 heterocycles. The van der Waals surface area contributed by atoms with Gasteiger partial charge in [-0.3, -0.25) is 4.79 Å². The molecular formula is C55H107NO8. The second kappa shape index (κ2) is 45.7. The van der Waals surface area contributed by atoms with Gasteiger partial charge in [-0.05, 0) is 19.3 Å². The molecule has 9 heteroatoms. The first-order valence-electron chi connectivity index (χ1n) is 27.9. The van der Waals surface area contributed by atoms with Gasteiger partial charge in [0.25, 0.3) is 0 Å². The zero-order valence-corrected chi connectivity index (χ0v) is 42.1. The average Bonchev–Trinajstić information content (AvgIpc) is 3.29. The molecule has 1 saturated heterocycles. The minimum atomic E-state index is -1.56. The molecule has 0 aromatic rings. The molecule has 1 fully saturated rings. The molecule has 0 saturated carbocycles. The van der Waals surface area contributed by atoms with Crippen LogP contribution in [-0.4, -0.2) is 87.5 Å². The van der Waals surface area contributed by atoms with Crippen LogP contribution in [0.5, 0.6) is 0 Å². The van der Waals surface area contributed by atoms with Gasteiger partial charge in [0, 0.05) is 6.42 Å². The van der Waals surface area contributed by atoms with E-state index in [1.165, 1.54) is 218 Å². The Hall–Kier alpha value is -1.07. The van der Waals surface area contributed by atoms with E-state index < -0.39 is 49.5 Å². The number of nitrogens with one attached hydrogen (secondary N) is 1. The lowest BCUT2D eigenvalue weighted by Gasteiger charge is -2.40. The van der Waals surface area contributed by atoms with Crippen LogP contribution < -0.4 is 5.32 Å². The Kier molecular flexibility index (Phi) is 43.5. The summed E-state index contributed by atoms with van der Waals surface area (Å²) in [6.45, 7) is 3.79. The van der Waals surface area contributed by atoms with Crippen LogP contribution >= 0.6 is 0 Å². The van der Waals surface area contributed by atoms with Crippen molar-refractivity contribution in [2.45, 2.75) is 320 Å².